The molecule has 20 heavy (non-hydrogen) atoms. The molecule has 7 heteroatoms. The SMILES string of the molecule is CC(O)CN1CN(CCOCCO)CN(CC(C)O)C1. The summed E-state index contributed by atoms with van der Waals surface area (Å²) in [4.78, 5) is 6.52. The van der Waals surface area contributed by atoms with Crippen LogP contribution in [-0.4, -0.2) is 102 Å². The monoisotopic (exact) mass is 291 g/mol. The summed E-state index contributed by atoms with van der Waals surface area (Å²) in [5.74, 6) is 0. The number of aliphatic hydroxyl groups excluding tert-OH is 3. The highest BCUT2D eigenvalue weighted by Crippen LogP contribution is 2.08. The van der Waals surface area contributed by atoms with Gasteiger partial charge in [0.1, 0.15) is 0 Å². The lowest BCUT2D eigenvalue weighted by Crippen LogP contribution is -2.57. The van der Waals surface area contributed by atoms with Crippen LogP contribution in [0.2, 0.25) is 0 Å². The van der Waals surface area contributed by atoms with Crippen LogP contribution in [0, 0.1) is 0 Å². The number of nitrogens with zero attached hydrogens (tertiary/aromatic N) is 3. The van der Waals surface area contributed by atoms with Crippen molar-refractivity contribution < 1.29 is 20.1 Å². The summed E-state index contributed by atoms with van der Waals surface area (Å²) in [6.07, 6.45) is -0.733. The van der Waals surface area contributed by atoms with E-state index in [0.717, 1.165) is 26.6 Å². The van der Waals surface area contributed by atoms with E-state index in [1.165, 1.54) is 0 Å². The second-order valence-electron chi connectivity index (χ2n) is 5.56. The molecule has 0 saturated carbocycles. The molecule has 120 valence electrons. The maximum atomic E-state index is 9.52. The third kappa shape index (κ3) is 7.49. The number of hydrogen-bond donors (Lipinski definition) is 3. The van der Waals surface area contributed by atoms with E-state index in [9.17, 15) is 10.2 Å². The molecule has 2 unspecified atom stereocenters. The van der Waals surface area contributed by atoms with Crippen molar-refractivity contribution in [3.63, 3.8) is 0 Å². The Morgan fingerprint density at radius 3 is 1.85 bits per heavy atom. The van der Waals surface area contributed by atoms with Gasteiger partial charge in [-0.25, -0.2) is 0 Å². The fourth-order valence-electron chi connectivity index (χ4n) is 2.46. The summed E-state index contributed by atoms with van der Waals surface area (Å²) in [6.45, 7) is 8.86. The van der Waals surface area contributed by atoms with E-state index in [2.05, 4.69) is 14.7 Å². The molecule has 3 N–H and O–H groups in total. The van der Waals surface area contributed by atoms with Crippen molar-refractivity contribution in [2.75, 3.05) is 59.5 Å². The number of aliphatic hydroxyl groups is 3. The van der Waals surface area contributed by atoms with Gasteiger partial charge in [-0.2, -0.15) is 0 Å². The summed E-state index contributed by atoms with van der Waals surface area (Å²) in [5, 5.41) is 27.7. The molecule has 0 amide bonds. The molecule has 1 fully saturated rings. The maximum absolute atomic E-state index is 9.52. The van der Waals surface area contributed by atoms with Crippen LogP contribution < -0.4 is 0 Å². The van der Waals surface area contributed by atoms with E-state index >= 15 is 0 Å². The summed E-state index contributed by atoms with van der Waals surface area (Å²) >= 11 is 0. The van der Waals surface area contributed by atoms with E-state index in [1.54, 1.807) is 13.8 Å². The highest BCUT2D eigenvalue weighted by molar-refractivity contribution is 4.72. The number of ether oxygens (including phenoxy) is 1. The normalized spacial score (nSPS) is 22.1. The largest absolute Gasteiger partial charge is 0.394 e. The van der Waals surface area contributed by atoms with Gasteiger partial charge in [0.2, 0.25) is 0 Å². The summed E-state index contributed by atoms with van der Waals surface area (Å²) in [7, 11) is 0. The summed E-state index contributed by atoms with van der Waals surface area (Å²) in [5.41, 5.74) is 0. The molecular formula is C13H29N3O4. The second-order valence-corrected chi connectivity index (χ2v) is 5.56. The fourth-order valence-corrected chi connectivity index (χ4v) is 2.46. The lowest BCUT2D eigenvalue weighted by Gasteiger charge is -2.43. The van der Waals surface area contributed by atoms with Crippen LogP contribution in [0.25, 0.3) is 0 Å². The average Bonchev–Trinajstić information content (AvgIpc) is 2.32. The lowest BCUT2D eigenvalue weighted by atomic mass is 10.3. The van der Waals surface area contributed by atoms with Gasteiger partial charge in [0, 0.05) is 19.6 Å². The molecule has 0 aliphatic carbocycles. The molecule has 1 aliphatic heterocycles. The molecule has 1 saturated heterocycles. The molecule has 0 bridgehead atoms. The third-order valence-corrected chi connectivity index (χ3v) is 3.03. The van der Waals surface area contributed by atoms with Gasteiger partial charge in [-0.1, -0.05) is 0 Å². The number of β-amino-alcohol motifs (C(OH)–C–C–N with tert-alkyl or cyclic N) is 2. The molecule has 1 heterocycles. The standard InChI is InChI=1S/C13H29N3O4/c1-12(18)7-15-9-14(3-5-20-6-4-17)10-16(11-15)8-13(2)19/h12-13,17-19H,3-11H2,1-2H3. The van der Waals surface area contributed by atoms with Crippen LogP contribution in [0.3, 0.4) is 0 Å². The van der Waals surface area contributed by atoms with Crippen LogP contribution in [0.5, 0.6) is 0 Å². The van der Waals surface area contributed by atoms with Crippen molar-refractivity contribution in [3.05, 3.63) is 0 Å². The van der Waals surface area contributed by atoms with Crippen LogP contribution in [0.15, 0.2) is 0 Å². The van der Waals surface area contributed by atoms with Crippen molar-refractivity contribution in [3.8, 4) is 0 Å². The molecule has 0 aromatic heterocycles. The first kappa shape index (κ1) is 17.8. The minimum Gasteiger partial charge on any atom is -0.394 e. The Bertz CT molecular complexity index is 236. The van der Waals surface area contributed by atoms with Crippen molar-refractivity contribution in [2.45, 2.75) is 26.1 Å². The Balaban J connectivity index is 2.41. The first-order chi connectivity index (χ1) is 9.51. The molecule has 0 aromatic rings. The van der Waals surface area contributed by atoms with E-state index in [1.807, 2.05) is 0 Å². The highest BCUT2D eigenvalue weighted by atomic mass is 16.5. The van der Waals surface area contributed by atoms with Gasteiger partial charge >= 0.3 is 0 Å². The predicted octanol–water partition coefficient (Wildman–Crippen LogP) is -1.45. The molecular weight excluding hydrogens is 262 g/mol. The zero-order chi connectivity index (χ0) is 15.0. The molecule has 0 aromatic carbocycles. The Morgan fingerprint density at radius 1 is 0.900 bits per heavy atom. The molecule has 0 radical (unpaired) electrons. The molecule has 7 nitrogen and oxygen atoms in total. The van der Waals surface area contributed by atoms with E-state index in [0.29, 0.717) is 26.3 Å². The van der Waals surface area contributed by atoms with Gasteiger partial charge in [-0.15, -0.1) is 0 Å². The number of hydrogen-bond acceptors (Lipinski definition) is 7. The Labute approximate surface area is 121 Å². The van der Waals surface area contributed by atoms with E-state index in [-0.39, 0.29) is 18.8 Å². The van der Waals surface area contributed by atoms with Gasteiger partial charge < -0.3 is 20.1 Å². The lowest BCUT2D eigenvalue weighted by molar-refractivity contribution is -0.0644. The van der Waals surface area contributed by atoms with Gasteiger partial charge in [-0.05, 0) is 13.8 Å². The topological polar surface area (TPSA) is 79.6 Å². The highest BCUT2D eigenvalue weighted by Gasteiger charge is 2.24. The minimum atomic E-state index is -0.367. The Hall–Kier alpha value is -0.280. The Morgan fingerprint density at radius 2 is 1.40 bits per heavy atom. The number of rotatable bonds is 9. The zero-order valence-electron chi connectivity index (χ0n) is 12.6. The molecule has 0 spiro atoms. The Kier molecular flexibility index (Phi) is 8.55. The second kappa shape index (κ2) is 9.62. The van der Waals surface area contributed by atoms with Gasteiger partial charge in [-0.3, -0.25) is 14.7 Å². The summed E-state index contributed by atoms with van der Waals surface area (Å²) in [6, 6.07) is 0. The first-order valence-electron chi connectivity index (χ1n) is 7.23. The first-order valence-corrected chi connectivity index (χ1v) is 7.23. The molecule has 1 aliphatic rings. The van der Waals surface area contributed by atoms with Gasteiger partial charge in [0.25, 0.3) is 0 Å². The zero-order valence-corrected chi connectivity index (χ0v) is 12.6. The van der Waals surface area contributed by atoms with Crippen LogP contribution in [0.4, 0.5) is 0 Å². The quantitative estimate of drug-likeness (QED) is 0.448. The van der Waals surface area contributed by atoms with Gasteiger partial charge in [0.15, 0.2) is 0 Å². The summed E-state index contributed by atoms with van der Waals surface area (Å²) < 4.78 is 5.29. The van der Waals surface area contributed by atoms with Crippen LogP contribution in [0.1, 0.15) is 13.8 Å². The maximum Gasteiger partial charge on any atom is 0.0698 e. The van der Waals surface area contributed by atoms with Crippen molar-refractivity contribution >= 4 is 0 Å². The van der Waals surface area contributed by atoms with E-state index < -0.39 is 0 Å². The molecule has 2 atom stereocenters. The third-order valence-electron chi connectivity index (χ3n) is 3.03. The average molecular weight is 291 g/mol. The predicted molar refractivity (Wildman–Crippen MR) is 76.0 cm³/mol. The van der Waals surface area contributed by atoms with Gasteiger partial charge in [0.05, 0.1) is 52.0 Å². The van der Waals surface area contributed by atoms with Crippen LogP contribution in [-0.2, 0) is 4.74 Å². The van der Waals surface area contributed by atoms with Crippen molar-refractivity contribution in [1.82, 2.24) is 14.7 Å². The van der Waals surface area contributed by atoms with E-state index in [4.69, 9.17) is 9.84 Å². The fraction of sp³-hybridized carbons (Fsp3) is 1.00. The van der Waals surface area contributed by atoms with Crippen molar-refractivity contribution in [2.24, 2.45) is 0 Å². The molecule has 1 rings (SSSR count). The van der Waals surface area contributed by atoms with Crippen LogP contribution >= 0.6 is 0 Å². The smallest absolute Gasteiger partial charge is 0.0698 e. The van der Waals surface area contributed by atoms with Crippen molar-refractivity contribution in [1.29, 1.82) is 0 Å². The minimum absolute atomic E-state index is 0.0440.